The van der Waals surface area contributed by atoms with Crippen LogP contribution >= 0.6 is 0 Å². The highest BCUT2D eigenvalue weighted by Gasteiger charge is 2.17. The molecule has 0 aliphatic carbocycles. The second kappa shape index (κ2) is 10.5. The van der Waals surface area contributed by atoms with Gasteiger partial charge < -0.3 is 20.4 Å². The van der Waals surface area contributed by atoms with Gasteiger partial charge in [0.15, 0.2) is 5.75 Å². The number of aryl methyl sites for hydroxylation is 1. The van der Waals surface area contributed by atoms with Gasteiger partial charge in [0.2, 0.25) is 5.95 Å². The number of rotatable bonds is 9. The summed E-state index contributed by atoms with van der Waals surface area (Å²) >= 11 is 0. The Balaban J connectivity index is 1.42. The lowest BCUT2D eigenvalue weighted by Crippen LogP contribution is -2.42. The molecule has 9 heteroatoms. The quantitative estimate of drug-likeness (QED) is 0.337. The number of ether oxygens (including phenoxy) is 1. The van der Waals surface area contributed by atoms with E-state index in [1.807, 2.05) is 29.3 Å². The normalized spacial score (nSPS) is 14.6. The molecule has 0 amide bonds. The van der Waals surface area contributed by atoms with Crippen molar-refractivity contribution >= 4 is 22.8 Å². The Morgan fingerprint density at radius 1 is 1.17 bits per heavy atom. The van der Waals surface area contributed by atoms with Crippen molar-refractivity contribution in [1.82, 2.24) is 34.9 Å². The summed E-state index contributed by atoms with van der Waals surface area (Å²) in [5, 5.41) is 11.2. The standard InChI is InChI=1S/C26H34N8O/c1-4-34-16-20(14-29-34)21-5-6-22-24(25(21)35-17-18(2)3)32-26(30-22)31-23-13-19(7-8-28-23)15-33-11-9-27-10-12-33/h5-8,13-14,16,18,27H,4,9-12,15,17H2,1-3H3,(H2,28,30,31,32). The van der Waals surface area contributed by atoms with Crippen molar-refractivity contribution in [3.05, 3.63) is 48.4 Å². The van der Waals surface area contributed by atoms with E-state index in [9.17, 15) is 0 Å². The maximum atomic E-state index is 6.30. The number of fused-ring (bicyclic) bond motifs is 1. The Morgan fingerprint density at radius 2 is 2.03 bits per heavy atom. The van der Waals surface area contributed by atoms with E-state index in [-0.39, 0.29) is 0 Å². The largest absolute Gasteiger partial charge is 0.490 e. The minimum absolute atomic E-state index is 0.399. The zero-order valence-corrected chi connectivity index (χ0v) is 20.7. The van der Waals surface area contributed by atoms with Crippen LogP contribution < -0.4 is 15.4 Å². The van der Waals surface area contributed by atoms with Gasteiger partial charge in [-0.05, 0) is 42.7 Å². The maximum Gasteiger partial charge on any atom is 0.207 e. The zero-order chi connectivity index (χ0) is 24.2. The smallest absolute Gasteiger partial charge is 0.207 e. The molecule has 0 spiro atoms. The lowest BCUT2D eigenvalue weighted by Gasteiger charge is -2.27. The lowest BCUT2D eigenvalue weighted by molar-refractivity contribution is 0.233. The number of hydrogen-bond acceptors (Lipinski definition) is 7. The SMILES string of the molecule is CCn1cc(-c2ccc3[nH]c(Nc4cc(CN5CCNCC5)ccn4)nc3c2OCC(C)C)cn1. The van der Waals surface area contributed by atoms with E-state index in [4.69, 9.17) is 9.72 Å². The number of H-pyrrole nitrogens is 1. The second-order valence-electron chi connectivity index (χ2n) is 9.41. The summed E-state index contributed by atoms with van der Waals surface area (Å²) < 4.78 is 8.22. The Bertz CT molecular complexity index is 1270. The number of imidazole rings is 1. The third-order valence-corrected chi connectivity index (χ3v) is 6.12. The first-order valence-electron chi connectivity index (χ1n) is 12.4. The Kier molecular flexibility index (Phi) is 6.96. The molecule has 3 aromatic heterocycles. The van der Waals surface area contributed by atoms with Gasteiger partial charge in [-0.3, -0.25) is 9.58 Å². The minimum atomic E-state index is 0.399. The molecule has 1 fully saturated rings. The van der Waals surface area contributed by atoms with E-state index in [1.165, 1.54) is 5.56 Å². The van der Waals surface area contributed by atoms with E-state index < -0.39 is 0 Å². The highest BCUT2D eigenvalue weighted by atomic mass is 16.5. The van der Waals surface area contributed by atoms with Crippen LogP contribution in [0.2, 0.25) is 0 Å². The molecule has 9 nitrogen and oxygen atoms in total. The summed E-state index contributed by atoms with van der Waals surface area (Å²) in [5.74, 6) is 2.58. The van der Waals surface area contributed by atoms with Crippen LogP contribution in [-0.2, 0) is 13.1 Å². The third-order valence-electron chi connectivity index (χ3n) is 6.12. The average Bonchev–Trinajstić information content (AvgIpc) is 3.50. The first-order valence-corrected chi connectivity index (χ1v) is 12.4. The van der Waals surface area contributed by atoms with E-state index >= 15 is 0 Å². The highest BCUT2D eigenvalue weighted by molar-refractivity contribution is 5.92. The first-order chi connectivity index (χ1) is 17.1. The third kappa shape index (κ3) is 5.47. The van der Waals surface area contributed by atoms with Crippen molar-refractivity contribution in [2.24, 2.45) is 5.92 Å². The fraction of sp³-hybridized carbons (Fsp3) is 0.423. The molecule has 3 N–H and O–H groups in total. The van der Waals surface area contributed by atoms with E-state index in [2.05, 4.69) is 69.6 Å². The second-order valence-corrected chi connectivity index (χ2v) is 9.41. The number of hydrogen-bond donors (Lipinski definition) is 3. The van der Waals surface area contributed by atoms with Crippen LogP contribution in [-0.4, -0.2) is 62.4 Å². The molecule has 0 atom stereocenters. The van der Waals surface area contributed by atoms with Gasteiger partial charge in [0.05, 0.1) is 18.3 Å². The van der Waals surface area contributed by atoms with Gasteiger partial charge in [0.1, 0.15) is 11.3 Å². The van der Waals surface area contributed by atoms with Crippen LogP contribution in [0.3, 0.4) is 0 Å². The summed E-state index contributed by atoms with van der Waals surface area (Å²) in [4.78, 5) is 15.2. The van der Waals surface area contributed by atoms with Crippen molar-refractivity contribution in [1.29, 1.82) is 0 Å². The van der Waals surface area contributed by atoms with Crippen LogP contribution in [0.4, 0.5) is 11.8 Å². The van der Waals surface area contributed by atoms with Crippen LogP contribution in [0.25, 0.3) is 22.2 Å². The van der Waals surface area contributed by atoms with Gasteiger partial charge in [-0.1, -0.05) is 13.8 Å². The zero-order valence-electron chi connectivity index (χ0n) is 20.7. The van der Waals surface area contributed by atoms with Crippen molar-refractivity contribution in [3.8, 4) is 16.9 Å². The van der Waals surface area contributed by atoms with Crippen molar-refractivity contribution in [2.75, 3.05) is 38.1 Å². The first kappa shape index (κ1) is 23.3. The highest BCUT2D eigenvalue weighted by Crippen LogP contribution is 2.37. The molecule has 5 rings (SSSR count). The molecule has 184 valence electrons. The van der Waals surface area contributed by atoms with Crippen LogP contribution in [0.1, 0.15) is 26.3 Å². The number of pyridine rings is 1. The van der Waals surface area contributed by atoms with Crippen molar-refractivity contribution in [3.63, 3.8) is 0 Å². The number of anilines is 2. The molecular weight excluding hydrogens is 440 g/mol. The van der Waals surface area contributed by atoms with Crippen LogP contribution in [0.15, 0.2) is 42.9 Å². The Morgan fingerprint density at radius 3 is 2.80 bits per heavy atom. The molecule has 0 unspecified atom stereocenters. The fourth-order valence-corrected chi connectivity index (χ4v) is 4.30. The number of benzene rings is 1. The summed E-state index contributed by atoms with van der Waals surface area (Å²) in [6.07, 6.45) is 5.78. The predicted octanol–water partition coefficient (Wildman–Crippen LogP) is 4.02. The molecular formula is C26H34N8O. The molecule has 1 saturated heterocycles. The maximum absolute atomic E-state index is 6.30. The Labute approximate surface area is 205 Å². The van der Waals surface area contributed by atoms with E-state index in [1.54, 1.807) is 0 Å². The summed E-state index contributed by atoms with van der Waals surface area (Å²) in [7, 11) is 0. The number of nitrogens with zero attached hydrogens (tertiary/aromatic N) is 5. The van der Waals surface area contributed by atoms with E-state index in [0.29, 0.717) is 18.5 Å². The molecule has 4 aromatic rings. The van der Waals surface area contributed by atoms with Gasteiger partial charge in [-0.25, -0.2) is 9.97 Å². The predicted molar refractivity (Wildman–Crippen MR) is 139 cm³/mol. The molecule has 0 saturated carbocycles. The van der Waals surface area contributed by atoms with Gasteiger partial charge in [0, 0.05) is 62.8 Å². The molecule has 0 radical (unpaired) electrons. The number of nitrogens with one attached hydrogen (secondary N) is 3. The lowest BCUT2D eigenvalue weighted by atomic mass is 10.1. The van der Waals surface area contributed by atoms with Gasteiger partial charge in [0.25, 0.3) is 0 Å². The molecule has 1 aliphatic heterocycles. The van der Waals surface area contributed by atoms with Gasteiger partial charge in [-0.2, -0.15) is 5.10 Å². The van der Waals surface area contributed by atoms with Crippen molar-refractivity contribution < 1.29 is 4.74 Å². The van der Waals surface area contributed by atoms with Crippen molar-refractivity contribution in [2.45, 2.75) is 33.9 Å². The number of aromatic nitrogens is 5. The fourth-order valence-electron chi connectivity index (χ4n) is 4.30. The summed E-state index contributed by atoms with van der Waals surface area (Å²) in [5.41, 5.74) is 4.96. The summed E-state index contributed by atoms with van der Waals surface area (Å²) in [6.45, 7) is 12.9. The topological polar surface area (TPSA) is 95.9 Å². The molecule has 0 bridgehead atoms. The molecule has 1 aromatic carbocycles. The monoisotopic (exact) mass is 474 g/mol. The minimum Gasteiger partial charge on any atom is -0.490 e. The van der Waals surface area contributed by atoms with E-state index in [0.717, 1.165) is 73.0 Å². The number of piperazine rings is 1. The van der Waals surface area contributed by atoms with Crippen LogP contribution in [0.5, 0.6) is 5.75 Å². The average molecular weight is 475 g/mol. The van der Waals surface area contributed by atoms with Gasteiger partial charge >= 0.3 is 0 Å². The Hall–Kier alpha value is -3.43. The summed E-state index contributed by atoms with van der Waals surface area (Å²) in [6, 6.07) is 8.29. The molecule has 1 aliphatic rings. The van der Waals surface area contributed by atoms with Gasteiger partial charge in [-0.15, -0.1) is 0 Å². The molecule has 4 heterocycles. The van der Waals surface area contributed by atoms with Crippen LogP contribution in [0, 0.1) is 5.92 Å². The molecule has 35 heavy (non-hydrogen) atoms. The number of aromatic amines is 1.